The summed E-state index contributed by atoms with van der Waals surface area (Å²) in [6, 6.07) is 0. The first-order valence-electron chi connectivity index (χ1n) is 27.8. The lowest BCUT2D eigenvalue weighted by molar-refractivity contribution is -0.167. The molecule has 6 heteroatoms. The van der Waals surface area contributed by atoms with Gasteiger partial charge in [-0.3, -0.25) is 14.4 Å². The van der Waals surface area contributed by atoms with E-state index in [4.69, 9.17) is 14.2 Å². The second-order valence-electron chi connectivity index (χ2n) is 18.8. The molecule has 370 valence electrons. The van der Waals surface area contributed by atoms with Crippen molar-refractivity contribution in [2.24, 2.45) is 0 Å². The van der Waals surface area contributed by atoms with Gasteiger partial charge in [-0.25, -0.2) is 0 Å². The molecule has 1 atom stereocenters. The molecule has 1 unspecified atom stereocenters. The van der Waals surface area contributed by atoms with E-state index in [0.29, 0.717) is 19.3 Å². The number of carbonyl (C=O) groups excluding carboxylic acids is 3. The maximum Gasteiger partial charge on any atom is 0.306 e. The quantitative estimate of drug-likeness (QED) is 0.0262. The lowest BCUT2D eigenvalue weighted by Crippen LogP contribution is -2.30. The average Bonchev–Trinajstić information content (AvgIpc) is 3.28. The highest BCUT2D eigenvalue weighted by Crippen LogP contribution is 2.16. The zero-order valence-electron chi connectivity index (χ0n) is 42.4. The van der Waals surface area contributed by atoms with Gasteiger partial charge in [-0.05, 0) is 64.2 Å². The van der Waals surface area contributed by atoms with Crippen LogP contribution in [0.2, 0.25) is 0 Å². The molecular weight excluding hydrogens is 781 g/mol. The molecule has 6 nitrogen and oxygen atoms in total. The minimum atomic E-state index is -0.771. The van der Waals surface area contributed by atoms with Crippen LogP contribution in [0.1, 0.15) is 303 Å². The van der Waals surface area contributed by atoms with E-state index in [9.17, 15) is 14.4 Å². The Morgan fingerprint density at radius 1 is 0.302 bits per heavy atom. The van der Waals surface area contributed by atoms with Gasteiger partial charge in [-0.15, -0.1) is 0 Å². The maximum atomic E-state index is 12.8. The molecule has 0 saturated heterocycles. The Bertz CT molecular complexity index is 1020. The lowest BCUT2D eigenvalue weighted by Gasteiger charge is -2.18. The number of ether oxygens (including phenoxy) is 3. The number of rotatable bonds is 51. The number of esters is 3. The van der Waals surface area contributed by atoms with Gasteiger partial charge in [0.05, 0.1) is 0 Å². The summed E-state index contributed by atoms with van der Waals surface area (Å²) in [6.45, 7) is 6.63. The molecule has 0 aliphatic carbocycles. The van der Waals surface area contributed by atoms with Gasteiger partial charge >= 0.3 is 17.9 Å². The summed E-state index contributed by atoms with van der Waals surface area (Å²) in [7, 11) is 0. The predicted octanol–water partition coefficient (Wildman–Crippen LogP) is 18.3. The van der Waals surface area contributed by atoms with Crippen LogP contribution in [0.4, 0.5) is 0 Å². The predicted molar refractivity (Wildman–Crippen MR) is 270 cm³/mol. The van der Waals surface area contributed by atoms with Crippen molar-refractivity contribution in [3.8, 4) is 0 Å². The lowest BCUT2D eigenvalue weighted by atomic mass is 10.0. The summed E-state index contributed by atoms with van der Waals surface area (Å²) < 4.78 is 16.8. The molecule has 0 bridgehead atoms. The standard InChI is InChI=1S/C57H106O6/c1-4-7-10-13-16-19-22-24-26-27-28-29-31-32-35-38-41-44-47-50-56(59)62-53-54(52-61-55(58)49-46-43-40-37-34-21-18-15-12-9-6-3)63-57(60)51-48-45-42-39-36-33-30-25-23-20-17-14-11-8-5-2/h15,18,27-28,54H,4-14,16-17,19-26,29-53H2,1-3H3/b18-15-,28-27-. The number of unbranched alkanes of at least 4 members (excludes halogenated alkanes) is 36. The molecule has 0 rings (SSSR count). The van der Waals surface area contributed by atoms with Gasteiger partial charge in [0.25, 0.3) is 0 Å². The second kappa shape index (κ2) is 52.5. The SMILES string of the molecule is CCCC/C=C\CCCCCCCC(=O)OCC(COC(=O)CCCCCCCCC/C=C\CCCCCCCCCC)OC(=O)CCCCCCCCCCCCCCCCC. The van der Waals surface area contributed by atoms with Gasteiger partial charge in [0.2, 0.25) is 0 Å². The van der Waals surface area contributed by atoms with E-state index >= 15 is 0 Å². The monoisotopic (exact) mass is 887 g/mol. The molecule has 0 aromatic heterocycles. The second-order valence-corrected chi connectivity index (χ2v) is 18.8. The number of hydrogen-bond acceptors (Lipinski definition) is 6. The fourth-order valence-electron chi connectivity index (χ4n) is 8.18. The summed E-state index contributed by atoms with van der Waals surface area (Å²) in [4.78, 5) is 38.0. The summed E-state index contributed by atoms with van der Waals surface area (Å²) in [5.41, 5.74) is 0. The number of allylic oxidation sites excluding steroid dienone is 4. The Morgan fingerprint density at radius 3 is 0.841 bits per heavy atom. The van der Waals surface area contributed by atoms with E-state index in [1.807, 2.05) is 0 Å². The highest BCUT2D eigenvalue weighted by molar-refractivity contribution is 5.71. The van der Waals surface area contributed by atoms with Crippen LogP contribution in [0.15, 0.2) is 24.3 Å². The first kappa shape index (κ1) is 60.9. The van der Waals surface area contributed by atoms with Crippen LogP contribution < -0.4 is 0 Å². The Balaban J connectivity index is 4.29. The Labute approximate surface area is 392 Å². The highest BCUT2D eigenvalue weighted by atomic mass is 16.6. The van der Waals surface area contributed by atoms with Crippen molar-refractivity contribution in [3.05, 3.63) is 24.3 Å². The van der Waals surface area contributed by atoms with Crippen LogP contribution in [0.5, 0.6) is 0 Å². The van der Waals surface area contributed by atoms with Gasteiger partial charge in [-0.2, -0.15) is 0 Å². The minimum absolute atomic E-state index is 0.0722. The molecule has 0 aliphatic heterocycles. The van der Waals surface area contributed by atoms with Crippen molar-refractivity contribution in [1.29, 1.82) is 0 Å². The molecule has 0 heterocycles. The van der Waals surface area contributed by atoms with Gasteiger partial charge in [0, 0.05) is 19.3 Å². The zero-order valence-corrected chi connectivity index (χ0v) is 42.4. The Morgan fingerprint density at radius 2 is 0.540 bits per heavy atom. The summed E-state index contributed by atoms with van der Waals surface area (Å²) in [5.74, 6) is -0.869. The first-order chi connectivity index (χ1) is 31.0. The third-order valence-corrected chi connectivity index (χ3v) is 12.4. The Hall–Kier alpha value is -2.11. The largest absolute Gasteiger partial charge is 0.462 e. The van der Waals surface area contributed by atoms with Crippen LogP contribution in [0.3, 0.4) is 0 Å². The molecule has 0 aromatic rings. The first-order valence-corrected chi connectivity index (χ1v) is 27.8. The van der Waals surface area contributed by atoms with E-state index in [1.165, 1.54) is 199 Å². The fourth-order valence-corrected chi connectivity index (χ4v) is 8.18. The van der Waals surface area contributed by atoms with Crippen molar-refractivity contribution >= 4 is 17.9 Å². The molecule has 0 aliphatic rings. The van der Waals surface area contributed by atoms with E-state index in [0.717, 1.165) is 64.2 Å². The molecule has 0 aromatic carbocycles. The number of carbonyl (C=O) groups is 3. The molecule has 0 saturated carbocycles. The molecular formula is C57H106O6. The third-order valence-electron chi connectivity index (χ3n) is 12.4. The normalized spacial score (nSPS) is 12.1. The van der Waals surface area contributed by atoms with Crippen molar-refractivity contribution in [2.45, 2.75) is 309 Å². The molecule has 0 N–H and O–H groups in total. The van der Waals surface area contributed by atoms with E-state index in [2.05, 4.69) is 45.1 Å². The molecule has 0 spiro atoms. The summed E-state index contributed by atoms with van der Waals surface area (Å²) >= 11 is 0. The topological polar surface area (TPSA) is 78.9 Å². The summed E-state index contributed by atoms with van der Waals surface area (Å²) in [5, 5.41) is 0. The van der Waals surface area contributed by atoms with Crippen molar-refractivity contribution in [2.75, 3.05) is 13.2 Å². The summed E-state index contributed by atoms with van der Waals surface area (Å²) in [6.07, 6.45) is 60.2. The van der Waals surface area contributed by atoms with Crippen molar-refractivity contribution < 1.29 is 28.6 Å². The van der Waals surface area contributed by atoms with E-state index < -0.39 is 6.10 Å². The van der Waals surface area contributed by atoms with Gasteiger partial charge in [0.15, 0.2) is 6.10 Å². The van der Waals surface area contributed by atoms with Crippen LogP contribution in [0, 0.1) is 0 Å². The highest BCUT2D eigenvalue weighted by Gasteiger charge is 2.19. The fraction of sp³-hybridized carbons (Fsp3) is 0.877. The molecule has 0 radical (unpaired) electrons. The van der Waals surface area contributed by atoms with Crippen LogP contribution in [-0.2, 0) is 28.6 Å². The molecule has 0 amide bonds. The molecule has 63 heavy (non-hydrogen) atoms. The average molecular weight is 887 g/mol. The smallest absolute Gasteiger partial charge is 0.306 e. The molecule has 0 fully saturated rings. The van der Waals surface area contributed by atoms with Crippen molar-refractivity contribution in [1.82, 2.24) is 0 Å². The zero-order chi connectivity index (χ0) is 45.8. The van der Waals surface area contributed by atoms with Gasteiger partial charge < -0.3 is 14.2 Å². The van der Waals surface area contributed by atoms with E-state index in [1.54, 1.807) is 0 Å². The minimum Gasteiger partial charge on any atom is -0.462 e. The number of hydrogen-bond donors (Lipinski definition) is 0. The van der Waals surface area contributed by atoms with Crippen LogP contribution >= 0.6 is 0 Å². The van der Waals surface area contributed by atoms with Crippen LogP contribution in [-0.4, -0.2) is 37.2 Å². The van der Waals surface area contributed by atoms with Crippen molar-refractivity contribution in [3.63, 3.8) is 0 Å². The van der Waals surface area contributed by atoms with Gasteiger partial charge in [-0.1, -0.05) is 244 Å². The van der Waals surface area contributed by atoms with Crippen LogP contribution in [0.25, 0.3) is 0 Å². The third kappa shape index (κ3) is 50.7. The van der Waals surface area contributed by atoms with Gasteiger partial charge in [0.1, 0.15) is 13.2 Å². The maximum absolute atomic E-state index is 12.8. The Kier molecular flexibility index (Phi) is 50.8. The van der Waals surface area contributed by atoms with E-state index in [-0.39, 0.29) is 31.1 Å².